The lowest BCUT2D eigenvalue weighted by atomic mass is 10.1. The molecule has 4 rings (SSSR count). The quantitative estimate of drug-likeness (QED) is 0.405. The van der Waals surface area contributed by atoms with Gasteiger partial charge in [-0.2, -0.15) is 0 Å². The normalized spacial score (nSPS) is 13.6. The van der Waals surface area contributed by atoms with Gasteiger partial charge in [0.25, 0.3) is 5.91 Å². The molecule has 0 saturated carbocycles. The Balaban J connectivity index is 1.28. The fraction of sp³-hybridized carbons (Fsp3) is 0.464. The minimum absolute atomic E-state index is 0.131. The highest BCUT2D eigenvalue weighted by Gasteiger charge is 2.20. The van der Waals surface area contributed by atoms with E-state index in [9.17, 15) is 9.59 Å². The third-order valence-corrected chi connectivity index (χ3v) is 6.74. The number of benzene rings is 2. The van der Waals surface area contributed by atoms with E-state index in [1.54, 1.807) is 32.4 Å². The molecule has 1 aliphatic rings. The van der Waals surface area contributed by atoms with Crippen LogP contribution in [0.2, 0.25) is 0 Å². The van der Waals surface area contributed by atoms with Crippen molar-refractivity contribution in [3.05, 3.63) is 53.9 Å². The van der Waals surface area contributed by atoms with Gasteiger partial charge < -0.3 is 24.3 Å². The number of hydrogen-bond donors (Lipinski definition) is 1. The SMILES string of the molecule is COc1ccc(C(=O)NCCCCCc2nc3ccccc3n2CC(=O)N2CCCCC2)cc1OC. The number of hydrogen-bond acceptors (Lipinski definition) is 5. The number of methoxy groups -OCH3 is 2. The molecule has 0 unspecified atom stereocenters. The summed E-state index contributed by atoms with van der Waals surface area (Å²) in [5.41, 5.74) is 2.49. The number of carbonyl (C=O) groups is 2. The topological polar surface area (TPSA) is 85.7 Å². The number of nitrogens with zero attached hydrogens (tertiary/aromatic N) is 3. The predicted octanol–water partition coefficient (Wildman–Crippen LogP) is 4.21. The van der Waals surface area contributed by atoms with Gasteiger partial charge in [-0.1, -0.05) is 18.6 Å². The molecule has 2 aromatic carbocycles. The number of rotatable bonds is 11. The van der Waals surface area contributed by atoms with Gasteiger partial charge >= 0.3 is 0 Å². The van der Waals surface area contributed by atoms with E-state index >= 15 is 0 Å². The summed E-state index contributed by atoms with van der Waals surface area (Å²) in [6.07, 6.45) is 6.94. The first-order valence-corrected chi connectivity index (χ1v) is 12.8. The number of ether oxygens (including phenoxy) is 2. The van der Waals surface area contributed by atoms with Crippen LogP contribution in [0.3, 0.4) is 0 Å². The van der Waals surface area contributed by atoms with Crippen LogP contribution < -0.4 is 14.8 Å². The molecule has 192 valence electrons. The molecule has 36 heavy (non-hydrogen) atoms. The summed E-state index contributed by atoms with van der Waals surface area (Å²) in [5.74, 6) is 2.13. The van der Waals surface area contributed by atoms with Gasteiger partial charge in [-0.05, 0) is 62.4 Å². The number of fused-ring (bicyclic) bond motifs is 1. The Hall–Kier alpha value is -3.55. The van der Waals surface area contributed by atoms with Crippen molar-refractivity contribution in [2.75, 3.05) is 33.9 Å². The van der Waals surface area contributed by atoms with Crippen LogP contribution in [0.4, 0.5) is 0 Å². The number of unbranched alkanes of at least 4 members (excludes halogenated alkanes) is 2. The molecule has 3 aromatic rings. The highest BCUT2D eigenvalue weighted by Crippen LogP contribution is 2.27. The third-order valence-electron chi connectivity index (χ3n) is 6.74. The highest BCUT2D eigenvalue weighted by molar-refractivity contribution is 5.94. The number of aromatic nitrogens is 2. The van der Waals surface area contributed by atoms with E-state index in [-0.39, 0.29) is 11.8 Å². The van der Waals surface area contributed by atoms with E-state index in [0.717, 1.165) is 68.5 Å². The summed E-state index contributed by atoms with van der Waals surface area (Å²) >= 11 is 0. The van der Waals surface area contributed by atoms with E-state index in [1.165, 1.54) is 6.42 Å². The summed E-state index contributed by atoms with van der Waals surface area (Å²) < 4.78 is 12.6. The van der Waals surface area contributed by atoms with E-state index in [2.05, 4.69) is 9.88 Å². The molecule has 0 aliphatic carbocycles. The second-order valence-electron chi connectivity index (χ2n) is 9.18. The maximum Gasteiger partial charge on any atom is 0.251 e. The first-order valence-electron chi connectivity index (χ1n) is 12.8. The molecule has 1 aliphatic heterocycles. The molecule has 1 aromatic heterocycles. The monoisotopic (exact) mass is 492 g/mol. The Morgan fingerprint density at radius 2 is 1.72 bits per heavy atom. The van der Waals surface area contributed by atoms with Crippen LogP contribution in [0.25, 0.3) is 11.0 Å². The number of piperidine rings is 1. The molecule has 1 fully saturated rings. The smallest absolute Gasteiger partial charge is 0.251 e. The van der Waals surface area contributed by atoms with Crippen molar-refractivity contribution in [2.45, 2.75) is 51.5 Å². The molecule has 0 bridgehead atoms. The molecule has 1 N–H and O–H groups in total. The zero-order valence-corrected chi connectivity index (χ0v) is 21.3. The Morgan fingerprint density at radius 3 is 2.50 bits per heavy atom. The lowest BCUT2D eigenvalue weighted by Gasteiger charge is -2.27. The van der Waals surface area contributed by atoms with Crippen molar-refractivity contribution in [3.8, 4) is 11.5 Å². The molecular formula is C28H36N4O4. The molecular weight excluding hydrogens is 456 g/mol. The lowest BCUT2D eigenvalue weighted by molar-refractivity contribution is -0.132. The largest absolute Gasteiger partial charge is 0.493 e. The second-order valence-corrected chi connectivity index (χ2v) is 9.18. The van der Waals surface area contributed by atoms with E-state index in [4.69, 9.17) is 14.5 Å². The van der Waals surface area contributed by atoms with Crippen LogP contribution >= 0.6 is 0 Å². The summed E-state index contributed by atoms with van der Waals surface area (Å²) in [6.45, 7) is 2.65. The van der Waals surface area contributed by atoms with Gasteiger partial charge in [0.05, 0.1) is 25.3 Å². The van der Waals surface area contributed by atoms with Crippen LogP contribution in [0.5, 0.6) is 11.5 Å². The number of nitrogens with one attached hydrogen (secondary N) is 1. The third kappa shape index (κ3) is 6.17. The van der Waals surface area contributed by atoms with Gasteiger partial charge in [-0.25, -0.2) is 4.98 Å². The molecule has 0 radical (unpaired) electrons. The fourth-order valence-electron chi connectivity index (χ4n) is 4.74. The maximum atomic E-state index is 13.0. The fourth-order valence-corrected chi connectivity index (χ4v) is 4.74. The molecule has 8 heteroatoms. The Bertz CT molecular complexity index is 1180. The van der Waals surface area contributed by atoms with Crippen molar-refractivity contribution in [2.24, 2.45) is 0 Å². The number of para-hydroxylation sites is 2. The van der Waals surface area contributed by atoms with Gasteiger partial charge in [0.2, 0.25) is 5.91 Å². The molecule has 0 atom stereocenters. The van der Waals surface area contributed by atoms with Crippen molar-refractivity contribution in [3.63, 3.8) is 0 Å². The molecule has 8 nitrogen and oxygen atoms in total. The number of imidazole rings is 1. The van der Waals surface area contributed by atoms with Gasteiger partial charge in [0, 0.05) is 31.6 Å². The summed E-state index contributed by atoms with van der Waals surface area (Å²) in [4.78, 5) is 32.3. The minimum Gasteiger partial charge on any atom is -0.493 e. The minimum atomic E-state index is -0.131. The van der Waals surface area contributed by atoms with E-state index in [0.29, 0.717) is 30.2 Å². The second kappa shape index (κ2) is 12.4. The van der Waals surface area contributed by atoms with Gasteiger partial charge in [-0.3, -0.25) is 9.59 Å². The first-order chi connectivity index (χ1) is 17.6. The predicted molar refractivity (Wildman–Crippen MR) is 140 cm³/mol. The summed E-state index contributed by atoms with van der Waals surface area (Å²) in [5, 5.41) is 2.98. The van der Waals surface area contributed by atoms with Crippen LogP contribution in [0, 0.1) is 0 Å². The lowest BCUT2D eigenvalue weighted by Crippen LogP contribution is -2.38. The van der Waals surface area contributed by atoms with E-state index in [1.807, 2.05) is 29.2 Å². The summed E-state index contributed by atoms with van der Waals surface area (Å²) in [7, 11) is 3.12. The zero-order valence-electron chi connectivity index (χ0n) is 21.3. The van der Waals surface area contributed by atoms with Crippen molar-refractivity contribution >= 4 is 22.8 Å². The zero-order chi connectivity index (χ0) is 25.3. The number of likely N-dealkylation sites (tertiary alicyclic amines) is 1. The van der Waals surface area contributed by atoms with Crippen molar-refractivity contribution in [1.29, 1.82) is 0 Å². The van der Waals surface area contributed by atoms with Crippen molar-refractivity contribution < 1.29 is 19.1 Å². The average molecular weight is 493 g/mol. The standard InChI is InChI=1S/C28H36N4O4/c1-35-24-15-14-21(19-25(24)36-2)28(34)29-16-8-3-5-13-26-30-22-11-6-7-12-23(22)32(26)20-27(33)31-17-9-4-10-18-31/h6-7,11-12,14-15,19H,3-5,8-10,13,16-18,20H2,1-2H3,(H,29,34). The molecule has 2 amide bonds. The summed E-state index contributed by atoms with van der Waals surface area (Å²) in [6, 6.07) is 13.2. The van der Waals surface area contributed by atoms with Crippen molar-refractivity contribution in [1.82, 2.24) is 19.8 Å². The number of carbonyl (C=O) groups excluding carboxylic acids is 2. The maximum absolute atomic E-state index is 13.0. The van der Waals surface area contributed by atoms with Gasteiger partial charge in [0.1, 0.15) is 12.4 Å². The van der Waals surface area contributed by atoms with Gasteiger partial charge in [-0.15, -0.1) is 0 Å². The van der Waals surface area contributed by atoms with Crippen LogP contribution in [-0.2, 0) is 17.8 Å². The Kier molecular flexibility index (Phi) is 8.81. The van der Waals surface area contributed by atoms with Crippen LogP contribution in [-0.4, -0.2) is 60.1 Å². The van der Waals surface area contributed by atoms with Crippen LogP contribution in [0.15, 0.2) is 42.5 Å². The Morgan fingerprint density at radius 1 is 0.944 bits per heavy atom. The number of aryl methyl sites for hydroxylation is 1. The number of amides is 2. The molecule has 0 spiro atoms. The first kappa shape index (κ1) is 25.5. The molecule has 2 heterocycles. The van der Waals surface area contributed by atoms with Crippen LogP contribution in [0.1, 0.15) is 54.7 Å². The highest BCUT2D eigenvalue weighted by atomic mass is 16.5. The van der Waals surface area contributed by atoms with E-state index < -0.39 is 0 Å². The molecule has 1 saturated heterocycles. The van der Waals surface area contributed by atoms with Gasteiger partial charge in [0.15, 0.2) is 11.5 Å². The Labute approximate surface area is 212 Å². The average Bonchev–Trinajstić information content (AvgIpc) is 3.27.